The van der Waals surface area contributed by atoms with E-state index in [0.717, 1.165) is 23.4 Å². The molecule has 1 aromatic carbocycles. The summed E-state index contributed by atoms with van der Waals surface area (Å²) in [6.07, 6.45) is 1.74. The zero-order valence-corrected chi connectivity index (χ0v) is 12.8. The summed E-state index contributed by atoms with van der Waals surface area (Å²) < 4.78 is 42.0. The molecule has 0 unspecified atom stereocenters. The Bertz CT molecular complexity index is 784. The third-order valence-corrected chi connectivity index (χ3v) is 4.69. The lowest BCUT2D eigenvalue weighted by Gasteiger charge is -2.10. The largest absolute Gasteiger partial charge is 0.396 e. The van der Waals surface area contributed by atoms with Crippen molar-refractivity contribution in [1.82, 2.24) is 14.5 Å². The summed E-state index contributed by atoms with van der Waals surface area (Å²) >= 11 is 0. The molecule has 0 bridgehead atoms. The van der Waals surface area contributed by atoms with Crippen LogP contribution in [0.1, 0.15) is 16.8 Å². The van der Waals surface area contributed by atoms with Crippen molar-refractivity contribution in [2.75, 3.05) is 5.73 Å². The average Bonchev–Trinajstić information content (AvgIpc) is 2.70. The van der Waals surface area contributed by atoms with Crippen LogP contribution in [-0.4, -0.2) is 18.2 Å². The van der Waals surface area contributed by atoms with Gasteiger partial charge in [0.05, 0.1) is 16.3 Å². The number of aromatic nitrogens is 2. The van der Waals surface area contributed by atoms with Gasteiger partial charge in [-0.3, -0.25) is 4.68 Å². The molecule has 0 aliphatic heterocycles. The van der Waals surface area contributed by atoms with Crippen LogP contribution in [0.2, 0.25) is 0 Å². The van der Waals surface area contributed by atoms with E-state index in [2.05, 4.69) is 9.82 Å². The highest BCUT2D eigenvalue weighted by Gasteiger charge is 2.19. The maximum absolute atomic E-state index is 13.3. The summed E-state index contributed by atoms with van der Waals surface area (Å²) in [7, 11) is -2.01. The topological polar surface area (TPSA) is 90.0 Å². The molecule has 6 nitrogen and oxygen atoms in total. The first kappa shape index (κ1) is 15.5. The molecule has 0 saturated carbocycles. The number of rotatable bonds is 4. The molecule has 0 saturated heterocycles. The minimum Gasteiger partial charge on any atom is -0.396 e. The number of nitrogens with zero attached hydrogens (tertiary/aromatic N) is 2. The van der Waals surface area contributed by atoms with Crippen LogP contribution < -0.4 is 10.5 Å². The standard InChI is InChI=1S/C13H17FN4O2S/c1-8-4-11(14)12(15)5-13(8)21(19,20)16-6-10-7-18(3)17-9(10)2/h4-5,7,16H,6,15H2,1-3H3. The first-order valence-corrected chi connectivity index (χ1v) is 7.73. The Hall–Kier alpha value is -1.93. The van der Waals surface area contributed by atoms with Gasteiger partial charge in [0, 0.05) is 25.4 Å². The maximum Gasteiger partial charge on any atom is 0.241 e. The van der Waals surface area contributed by atoms with Crippen LogP contribution in [0.25, 0.3) is 0 Å². The second-order valence-corrected chi connectivity index (χ2v) is 6.61. The highest BCUT2D eigenvalue weighted by atomic mass is 32.2. The van der Waals surface area contributed by atoms with Gasteiger partial charge in [-0.25, -0.2) is 17.5 Å². The van der Waals surface area contributed by atoms with E-state index in [9.17, 15) is 12.8 Å². The second kappa shape index (κ2) is 5.45. The number of hydrogen-bond acceptors (Lipinski definition) is 4. The van der Waals surface area contributed by atoms with Crippen LogP contribution >= 0.6 is 0 Å². The van der Waals surface area contributed by atoms with E-state index in [1.54, 1.807) is 24.9 Å². The SMILES string of the molecule is Cc1cc(F)c(N)cc1S(=O)(=O)NCc1cn(C)nc1C. The predicted molar refractivity (Wildman–Crippen MR) is 77.5 cm³/mol. The highest BCUT2D eigenvalue weighted by molar-refractivity contribution is 7.89. The Labute approximate surface area is 122 Å². The molecule has 1 heterocycles. The van der Waals surface area contributed by atoms with Gasteiger partial charge in [0.2, 0.25) is 10.0 Å². The molecule has 0 fully saturated rings. The van der Waals surface area contributed by atoms with Crippen molar-refractivity contribution in [3.8, 4) is 0 Å². The number of halogens is 1. The molecule has 0 radical (unpaired) electrons. The van der Waals surface area contributed by atoms with E-state index in [0.29, 0.717) is 5.56 Å². The van der Waals surface area contributed by atoms with Crippen LogP contribution in [-0.2, 0) is 23.6 Å². The van der Waals surface area contributed by atoms with Crippen molar-refractivity contribution in [1.29, 1.82) is 0 Å². The minimum atomic E-state index is -3.77. The van der Waals surface area contributed by atoms with E-state index in [1.165, 1.54) is 6.92 Å². The van der Waals surface area contributed by atoms with Crippen LogP contribution in [0.4, 0.5) is 10.1 Å². The van der Waals surface area contributed by atoms with Gasteiger partial charge in [-0.15, -0.1) is 0 Å². The molecule has 114 valence electrons. The van der Waals surface area contributed by atoms with Gasteiger partial charge in [0.25, 0.3) is 0 Å². The monoisotopic (exact) mass is 312 g/mol. The maximum atomic E-state index is 13.3. The number of anilines is 1. The Morgan fingerprint density at radius 3 is 2.62 bits per heavy atom. The number of nitrogens with one attached hydrogen (secondary N) is 1. The minimum absolute atomic E-state index is 0.0251. The van der Waals surface area contributed by atoms with Gasteiger partial charge < -0.3 is 5.73 Å². The lowest BCUT2D eigenvalue weighted by Crippen LogP contribution is -2.24. The van der Waals surface area contributed by atoms with Crippen molar-refractivity contribution in [3.05, 3.63) is 41.0 Å². The fraction of sp³-hybridized carbons (Fsp3) is 0.308. The molecular weight excluding hydrogens is 295 g/mol. The first-order chi connectivity index (χ1) is 9.70. The number of nitrogens with two attached hydrogens (primary N) is 1. The summed E-state index contributed by atoms with van der Waals surface area (Å²) in [6.45, 7) is 3.43. The smallest absolute Gasteiger partial charge is 0.241 e. The molecule has 0 amide bonds. The van der Waals surface area contributed by atoms with Crippen molar-refractivity contribution < 1.29 is 12.8 Å². The zero-order chi connectivity index (χ0) is 15.8. The Morgan fingerprint density at radius 1 is 1.38 bits per heavy atom. The van der Waals surface area contributed by atoms with Crippen LogP contribution in [0.3, 0.4) is 0 Å². The Morgan fingerprint density at radius 2 is 2.05 bits per heavy atom. The second-order valence-electron chi connectivity index (χ2n) is 4.88. The summed E-state index contributed by atoms with van der Waals surface area (Å²) in [5.74, 6) is -0.630. The number of sulfonamides is 1. The Balaban J connectivity index is 2.27. The molecule has 0 aliphatic rings. The molecule has 0 spiro atoms. The summed E-state index contributed by atoms with van der Waals surface area (Å²) in [5.41, 5.74) is 7.07. The molecule has 3 N–H and O–H groups in total. The van der Waals surface area contributed by atoms with Crippen LogP contribution in [0, 0.1) is 19.7 Å². The normalized spacial score (nSPS) is 11.8. The Kier molecular flexibility index (Phi) is 4.02. The highest BCUT2D eigenvalue weighted by Crippen LogP contribution is 2.21. The molecule has 1 aromatic heterocycles. The van der Waals surface area contributed by atoms with Gasteiger partial charge in [0.15, 0.2) is 0 Å². The molecule has 21 heavy (non-hydrogen) atoms. The molecule has 0 aliphatic carbocycles. The zero-order valence-electron chi connectivity index (χ0n) is 12.0. The van der Waals surface area contributed by atoms with Gasteiger partial charge in [-0.05, 0) is 31.5 Å². The van der Waals surface area contributed by atoms with E-state index >= 15 is 0 Å². The summed E-state index contributed by atoms with van der Waals surface area (Å²) in [6, 6.07) is 2.24. The third kappa shape index (κ3) is 3.22. The average molecular weight is 312 g/mol. The van der Waals surface area contributed by atoms with E-state index in [-0.39, 0.29) is 17.1 Å². The van der Waals surface area contributed by atoms with Crippen LogP contribution in [0.15, 0.2) is 23.2 Å². The summed E-state index contributed by atoms with van der Waals surface area (Å²) in [4.78, 5) is -0.0251. The lowest BCUT2D eigenvalue weighted by molar-refractivity contribution is 0.579. The molecule has 0 atom stereocenters. The molecule has 2 aromatic rings. The van der Waals surface area contributed by atoms with Gasteiger partial charge in [0.1, 0.15) is 5.82 Å². The van der Waals surface area contributed by atoms with Crippen molar-refractivity contribution in [2.45, 2.75) is 25.3 Å². The van der Waals surface area contributed by atoms with Crippen molar-refractivity contribution in [3.63, 3.8) is 0 Å². The number of benzene rings is 1. The molecule has 2 rings (SSSR count). The van der Waals surface area contributed by atoms with E-state index < -0.39 is 15.8 Å². The fourth-order valence-corrected chi connectivity index (χ4v) is 3.30. The van der Waals surface area contributed by atoms with Crippen LogP contribution in [0.5, 0.6) is 0 Å². The molecule has 8 heteroatoms. The number of aryl methyl sites for hydroxylation is 3. The van der Waals surface area contributed by atoms with Gasteiger partial charge in [-0.2, -0.15) is 5.10 Å². The van der Waals surface area contributed by atoms with Crippen molar-refractivity contribution in [2.24, 2.45) is 7.05 Å². The third-order valence-electron chi connectivity index (χ3n) is 3.15. The number of nitrogen functional groups attached to an aromatic ring is 1. The molecular formula is C13H17FN4O2S. The van der Waals surface area contributed by atoms with E-state index in [4.69, 9.17) is 5.73 Å². The van der Waals surface area contributed by atoms with Gasteiger partial charge in [-0.1, -0.05) is 0 Å². The number of hydrogen-bond donors (Lipinski definition) is 2. The van der Waals surface area contributed by atoms with E-state index in [1.807, 2.05) is 0 Å². The summed E-state index contributed by atoms with van der Waals surface area (Å²) in [5, 5.41) is 4.14. The first-order valence-electron chi connectivity index (χ1n) is 6.25. The lowest BCUT2D eigenvalue weighted by atomic mass is 10.2. The quantitative estimate of drug-likeness (QED) is 0.831. The fourth-order valence-electron chi connectivity index (χ4n) is 2.03. The van der Waals surface area contributed by atoms with Gasteiger partial charge >= 0.3 is 0 Å². The van der Waals surface area contributed by atoms with Crippen molar-refractivity contribution >= 4 is 15.7 Å². The predicted octanol–water partition coefficient (Wildman–Crippen LogP) is 1.24.